The maximum absolute atomic E-state index is 12.5. The van der Waals surface area contributed by atoms with Crippen LogP contribution < -0.4 is 0 Å². The third-order valence-corrected chi connectivity index (χ3v) is 5.01. The predicted molar refractivity (Wildman–Crippen MR) is 93.8 cm³/mol. The summed E-state index contributed by atoms with van der Waals surface area (Å²) in [5.41, 5.74) is 1.55. The number of hydrogen-bond donors (Lipinski definition) is 1. The molecule has 1 aliphatic rings. The Labute approximate surface area is 145 Å². The second kappa shape index (κ2) is 6.60. The molecule has 0 aliphatic carbocycles. The van der Waals surface area contributed by atoms with Crippen LogP contribution in [0.5, 0.6) is 5.75 Å². The van der Waals surface area contributed by atoms with Crippen molar-refractivity contribution in [2.75, 3.05) is 0 Å². The van der Waals surface area contributed by atoms with Crippen molar-refractivity contribution < 1.29 is 14.7 Å². The van der Waals surface area contributed by atoms with Crippen molar-refractivity contribution in [1.29, 1.82) is 0 Å². The molecule has 23 heavy (non-hydrogen) atoms. The molecule has 1 fully saturated rings. The molecule has 0 atom stereocenters. The highest BCUT2D eigenvalue weighted by molar-refractivity contribution is 9.10. The summed E-state index contributed by atoms with van der Waals surface area (Å²) in [5, 5.41) is 9.18. The lowest BCUT2D eigenvalue weighted by Crippen LogP contribution is -2.27. The van der Waals surface area contributed by atoms with E-state index in [2.05, 4.69) is 15.9 Å². The van der Waals surface area contributed by atoms with Gasteiger partial charge >= 0.3 is 0 Å². The van der Waals surface area contributed by atoms with Gasteiger partial charge in [0.1, 0.15) is 5.75 Å². The number of halogens is 1. The molecule has 1 aliphatic heterocycles. The van der Waals surface area contributed by atoms with Crippen LogP contribution in [0, 0.1) is 0 Å². The molecule has 3 rings (SSSR count). The number of hydrogen-bond acceptors (Lipinski definition) is 4. The minimum absolute atomic E-state index is 0.117. The summed E-state index contributed by atoms with van der Waals surface area (Å²) in [6.45, 7) is 0.226. The maximum Gasteiger partial charge on any atom is 0.293 e. The standard InChI is InChI=1S/C17H12BrNO3S/c18-14-7-2-1-5-12(14)10-19-16(21)15(23-17(19)22)9-11-4-3-6-13(20)8-11/h1-9,20H,10H2. The van der Waals surface area contributed by atoms with E-state index < -0.39 is 0 Å². The Balaban J connectivity index is 1.84. The van der Waals surface area contributed by atoms with E-state index in [4.69, 9.17) is 0 Å². The molecule has 6 heteroatoms. The van der Waals surface area contributed by atoms with Crippen LogP contribution in [0.25, 0.3) is 6.08 Å². The van der Waals surface area contributed by atoms with Gasteiger partial charge in [-0.15, -0.1) is 0 Å². The van der Waals surface area contributed by atoms with E-state index in [-0.39, 0.29) is 23.4 Å². The normalized spacial score (nSPS) is 16.4. The molecule has 1 saturated heterocycles. The van der Waals surface area contributed by atoms with E-state index in [1.807, 2.05) is 24.3 Å². The lowest BCUT2D eigenvalue weighted by molar-refractivity contribution is -0.123. The summed E-state index contributed by atoms with van der Waals surface area (Å²) < 4.78 is 0.857. The highest BCUT2D eigenvalue weighted by Crippen LogP contribution is 2.34. The van der Waals surface area contributed by atoms with Gasteiger partial charge in [-0.05, 0) is 47.2 Å². The topological polar surface area (TPSA) is 57.6 Å². The van der Waals surface area contributed by atoms with Crippen molar-refractivity contribution >= 4 is 44.9 Å². The Morgan fingerprint density at radius 3 is 2.65 bits per heavy atom. The molecular weight excluding hydrogens is 378 g/mol. The number of aromatic hydroxyl groups is 1. The zero-order valence-electron chi connectivity index (χ0n) is 11.9. The van der Waals surface area contributed by atoms with Gasteiger partial charge < -0.3 is 5.11 Å². The van der Waals surface area contributed by atoms with E-state index in [1.54, 1.807) is 30.3 Å². The Hall–Kier alpha value is -2.05. The molecule has 0 saturated carbocycles. The Morgan fingerprint density at radius 2 is 1.91 bits per heavy atom. The van der Waals surface area contributed by atoms with Gasteiger partial charge in [0, 0.05) is 4.47 Å². The highest BCUT2D eigenvalue weighted by Gasteiger charge is 2.35. The number of carbonyl (C=O) groups is 2. The first-order valence-electron chi connectivity index (χ1n) is 6.82. The van der Waals surface area contributed by atoms with Crippen molar-refractivity contribution in [1.82, 2.24) is 4.90 Å². The van der Waals surface area contributed by atoms with E-state index in [9.17, 15) is 14.7 Å². The molecule has 116 valence electrons. The fourth-order valence-corrected chi connectivity index (χ4v) is 3.45. The lowest BCUT2D eigenvalue weighted by Gasteiger charge is -2.13. The van der Waals surface area contributed by atoms with E-state index >= 15 is 0 Å². The van der Waals surface area contributed by atoms with Gasteiger partial charge in [-0.2, -0.15) is 0 Å². The van der Waals surface area contributed by atoms with Crippen molar-refractivity contribution in [3.05, 3.63) is 69.0 Å². The summed E-state index contributed by atoms with van der Waals surface area (Å²) >= 11 is 4.33. The first-order chi connectivity index (χ1) is 11.0. The smallest absolute Gasteiger partial charge is 0.293 e. The molecule has 0 aromatic heterocycles. The number of benzene rings is 2. The molecular formula is C17H12BrNO3S. The van der Waals surface area contributed by atoms with Crippen LogP contribution in [-0.4, -0.2) is 21.2 Å². The van der Waals surface area contributed by atoms with Crippen LogP contribution >= 0.6 is 27.7 Å². The van der Waals surface area contributed by atoms with Gasteiger partial charge in [-0.25, -0.2) is 0 Å². The highest BCUT2D eigenvalue weighted by atomic mass is 79.9. The molecule has 2 amide bonds. The van der Waals surface area contributed by atoms with Crippen molar-refractivity contribution in [3.8, 4) is 5.75 Å². The molecule has 1 N–H and O–H groups in total. The summed E-state index contributed by atoms with van der Waals surface area (Å²) in [7, 11) is 0. The van der Waals surface area contributed by atoms with Crippen LogP contribution in [0.1, 0.15) is 11.1 Å². The van der Waals surface area contributed by atoms with Gasteiger partial charge in [-0.1, -0.05) is 46.3 Å². The lowest BCUT2D eigenvalue weighted by atomic mass is 10.2. The quantitative estimate of drug-likeness (QED) is 0.790. The van der Waals surface area contributed by atoms with Gasteiger partial charge in [0.2, 0.25) is 0 Å². The Kier molecular flexibility index (Phi) is 4.54. The molecule has 0 spiro atoms. The molecule has 0 bridgehead atoms. The SMILES string of the molecule is O=C1SC(=Cc2cccc(O)c2)C(=O)N1Cc1ccccc1Br. The zero-order chi connectivity index (χ0) is 16.4. The number of amides is 2. The molecule has 2 aromatic carbocycles. The van der Waals surface area contributed by atoms with E-state index in [0.717, 1.165) is 21.8 Å². The number of carbonyl (C=O) groups excluding carboxylic acids is 2. The number of phenolic OH excluding ortho intramolecular Hbond substituents is 1. The van der Waals surface area contributed by atoms with E-state index in [0.29, 0.717) is 10.5 Å². The van der Waals surface area contributed by atoms with Crippen LogP contribution in [0.4, 0.5) is 4.79 Å². The third-order valence-electron chi connectivity index (χ3n) is 3.33. The molecule has 1 heterocycles. The Bertz CT molecular complexity index is 819. The molecule has 4 nitrogen and oxygen atoms in total. The Morgan fingerprint density at radius 1 is 1.13 bits per heavy atom. The first kappa shape index (κ1) is 15.8. The number of imide groups is 1. The average Bonchev–Trinajstić information content (AvgIpc) is 2.77. The van der Waals surface area contributed by atoms with Gasteiger partial charge in [0.15, 0.2) is 0 Å². The molecule has 0 unspecified atom stereocenters. The summed E-state index contributed by atoms with van der Waals surface area (Å²) in [6, 6.07) is 14.0. The second-order valence-corrected chi connectivity index (χ2v) is 6.80. The van der Waals surface area contributed by atoms with Crippen LogP contribution in [-0.2, 0) is 11.3 Å². The maximum atomic E-state index is 12.5. The monoisotopic (exact) mass is 389 g/mol. The molecule has 0 radical (unpaired) electrons. The number of thioether (sulfide) groups is 1. The van der Waals surface area contributed by atoms with Crippen molar-refractivity contribution in [2.45, 2.75) is 6.54 Å². The zero-order valence-corrected chi connectivity index (χ0v) is 14.3. The summed E-state index contributed by atoms with van der Waals surface area (Å²) in [6.07, 6.45) is 1.62. The minimum atomic E-state index is -0.320. The number of nitrogens with zero attached hydrogens (tertiary/aromatic N) is 1. The molecule has 2 aromatic rings. The fraction of sp³-hybridized carbons (Fsp3) is 0.0588. The summed E-state index contributed by atoms with van der Waals surface area (Å²) in [5.74, 6) is -0.203. The fourth-order valence-electron chi connectivity index (χ4n) is 2.20. The van der Waals surface area contributed by atoms with Gasteiger partial charge in [0.25, 0.3) is 11.1 Å². The van der Waals surface area contributed by atoms with Gasteiger partial charge in [-0.3, -0.25) is 14.5 Å². The van der Waals surface area contributed by atoms with Gasteiger partial charge in [0.05, 0.1) is 11.4 Å². The van der Waals surface area contributed by atoms with Crippen LogP contribution in [0.3, 0.4) is 0 Å². The number of rotatable bonds is 3. The largest absolute Gasteiger partial charge is 0.508 e. The minimum Gasteiger partial charge on any atom is -0.508 e. The van der Waals surface area contributed by atoms with Crippen LogP contribution in [0.2, 0.25) is 0 Å². The van der Waals surface area contributed by atoms with Crippen molar-refractivity contribution in [2.24, 2.45) is 0 Å². The third kappa shape index (κ3) is 3.48. The van der Waals surface area contributed by atoms with Crippen LogP contribution in [0.15, 0.2) is 57.9 Å². The number of phenols is 1. The predicted octanol–water partition coefficient (Wildman–Crippen LogP) is 4.39. The first-order valence-corrected chi connectivity index (χ1v) is 8.43. The summed E-state index contributed by atoms with van der Waals surface area (Å²) in [4.78, 5) is 26.2. The average molecular weight is 390 g/mol. The van der Waals surface area contributed by atoms with Crippen molar-refractivity contribution in [3.63, 3.8) is 0 Å². The van der Waals surface area contributed by atoms with E-state index in [1.165, 1.54) is 4.90 Å². The second-order valence-electron chi connectivity index (χ2n) is 4.95.